The van der Waals surface area contributed by atoms with Crippen molar-refractivity contribution < 1.29 is 4.92 Å². The van der Waals surface area contributed by atoms with Crippen LogP contribution in [0.2, 0.25) is 0 Å². The lowest BCUT2D eigenvalue weighted by atomic mass is 10.2. The van der Waals surface area contributed by atoms with E-state index in [1.165, 1.54) is 12.1 Å². The molecule has 0 saturated carbocycles. The molecule has 0 aliphatic heterocycles. The molecule has 21 heavy (non-hydrogen) atoms. The Kier molecular flexibility index (Phi) is 3.23. The summed E-state index contributed by atoms with van der Waals surface area (Å²) in [6, 6.07) is 12.2. The van der Waals surface area contributed by atoms with E-state index in [2.05, 4.69) is 15.6 Å². The molecule has 0 aliphatic rings. The lowest BCUT2D eigenvalue weighted by Gasteiger charge is -2.06. The summed E-state index contributed by atoms with van der Waals surface area (Å²) < 4.78 is 1.75. The van der Waals surface area contributed by atoms with Gasteiger partial charge in [0.25, 0.3) is 5.69 Å². The second-order valence-corrected chi connectivity index (χ2v) is 4.72. The number of benzene rings is 2. The van der Waals surface area contributed by atoms with Crippen molar-refractivity contribution >= 4 is 22.4 Å². The quantitative estimate of drug-likeness (QED) is 0.587. The molecule has 0 radical (unpaired) electrons. The molecule has 0 unspecified atom stereocenters. The maximum absolute atomic E-state index is 10.6. The molecule has 2 aromatic carbocycles. The minimum Gasteiger partial charge on any atom is -0.366 e. The molecule has 0 bridgehead atoms. The molecule has 106 valence electrons. The third kappa shape index (κ3) is 2.66. The highest BCUT2D eigenvalue weighted by molar-refractivity contribution is 5.75. The van der Waals surface area contributed by atoms with Crippen LogP contribution in [0.1, 0.15) is 5.56 Å². The number of nitrogens with one attached hydrogen (secondary N) is 1. The monoisotopic (exact) mass is 283 g/mol. The Hall–Kier alpha value is -2.96. The van der Waals surface area contributed by atoms with Gasteiger partial charge in [-0.15, -0.1) is 5.10 Å². The van der Waals surface area contributed by atoms with Crippen LogP contribution < -0.4 is 5.32 Å². The van der Waals surface area contributed by atoms with Crippen molar-refractivity contribution in [1.29, 1.82) is 0 Å². The van der Waals surface area contributed by atoms with Crippen LogP contribution in [-0.2, 0) is 6.67 Å². The Bertz CT molecular complexity index is 795. The number of hydrogen-bond acceptors (Lipinski definition) is 5. The van der Waals surface area contributed by atoms with E-state index in [0.717, 1.165) is 22.3 Å². The minimum atomic E-state index is -0.420. The van der Waals surface area contributed by atoms with E-state index in [1.54, 1.807) is 16.8 Å². The molecule has 1 aromatic heterocycles. The van der Waals surface area contributed by atoms with E-state index >= 15 is 0 Å². The lowest BCUT2D eigenvalue weighted by molar-refractivity contribution is -0.384. The molecule has 1 heterocycles. The molecular weight excluding hydrogens is 270 g/mol. The number of aryl methyl sites for hydroxylation is 1. The van der Waals surface area contributed by atoms with Gasteiger partial charge in [0.2, 0.25) is 0 Å². The summed E-state index contributed by atoms with van der Waals surface area (Å²) in [7, 11) is 0. The van der Waals surface area contributed by atoms with Crippen molar-refractivity contribution in [3.8, 4) is 0 Å². The average Bonchev–Trinajstić information content (AvgIpc) is 2.87. The zero-order valence-corrected chi connectivity index (χ0v) is 11.4. The van der Waals surface area contributed by atoms with Gasteiger partial charge in [-0.1, -0.05) is 11.3 Å². The number of nitro groups is 1. The predicted octanol–water partition coefficient (Wildman–Crippen LogP) is 2.72. The van der Waals surface area contributed by atoms with Crippen molar-refractivity contribution in [2.24, 2.45) is 0 Å². The smallest absolute Gasteiger partial charge is 0.269 e. The number of nitrogens with zero attached hydrogens (tertiary/aromatic N) is 4. The maximum atomic E-state index is 10.6. The predicted molar refractivity (Wildman–Crippen MR) is 79.0 cm³/mol. The summed E-state index contributed by atoms with van der Waals surface area (Å²) in [5.74, 6) is 0. The number of nitro benzene ring substituents is 1. The van der Waals surface area contributed by atoms with Gasteiger partial charge in [-0.3, -0.25) is 10.1 Å². The van der Waals surface area contributed by atoms with E-state index < -0.39 is 4.92 Å². The van der Waals surface area contributed by atoms with Crippen molar-refractivity contribution in [2.75, 3.05) is 5.32 Å². The molecule has 3 aromatic rings. The highest BCUT2D eigenvalue weighted by Gasteiger charge is 2.06. The molecule has 7 nitrogen and oxygen atoms in total. The lowest BCUT2D eigenvalue weighted by Crippen LogP contribution is -2.09. The Morgan fingerprint density at radius 3 is 2.71 bits per heavy atom. The van der Waals surface area contributed by atoms with Crippen LogP contribution in [-0.4, -0.2) is 19.9 Å². The average molecular weight is 283 g/mol. The van der Waals surface area contributed by atoms with E-state index in [0.29, 0.717) is 6.67 Å². The molecule has 0 atom stereocenters. The second kappa shape index (κ2) is 5.20. The molecule has 7 heteroatoms. The number of rotatable bonds is 4. The molecular formula is C14H13N5O2. The molecule has 0 amide bonds. The van der Waals surface area contributed by atoms with Crippen LogP contribution in [0, 0.1) is 17.0 Å². The molecule has 3 rings (SSSR count). The third-order valence-corrected chi connectivity index (χ3v) is 3.18. The van der Waals surface area contributed by atoms with Gasteiger partial charge in [0.15, 0.2) is 0 Å². The van der Waals surface area contributed by atoms with Gasteiger partial charge in [0, 0.05) is 17.8 Å². The van der Waals surface area contributed by atoms with E-state index in [4.69, 9.17) is 0 Å². The maximum Gasteiger partial charge on any atom is 0.269 e. The summed E-state index contributed by atoms with van der Waals surface area (Å²) in [6.45, 7) is 2.45. The van der Waals surface area contributed by atoms with E-state index in [9.17, 15) is 10.1 Å². The molecule has 0 fully saturated rings. The standard InChI is InChI=1S/C14H13N5O2/c1-10-2-7-14-13(8-10)16-17-18(14)9-15-11-3-5-12(6-4-11)19(20)21/h2-8,15H,9H2,1H3. The first-order valence-electron chi connectivity index (χ1n) is 6.42. The van der Waals surface area contributed by atoms with Crippen LogP contribution in [0.25, 0.3) is 11.0 Å². The number of fused-ring (bicyclic) bond motifs is 1. The van der Waals surface area contributed by atoms with Gasteiger partial charge in [-0.05, 0) is 36.8 Å². The van der Waals surface area contributed by atoms with Crippen LogP contribution in [0.4, 0.5) is 11.4 Å². The Balaban J connectivity index is 1.75. The number of anilines is 1. The fourth-order valence-corrected chi connectivity index (χ4v) is 2.07. The van der Waals surface area contributed by atoms with Crippen LogP contribution in [0.3, 0.4) is 0 Å². The molecule has 0 spiro atoms. The van der Waals surface area contributed by atoms with Crippen molar-refractivity contribution in [2.45, 2.75) is 13.6 Å². The summed E-state index contributed by atoms with van der Waals surface area (Å²) in [6.07, 6.45) is 0. The van der Waals surface area contributed by atoms with Crippen molar-refractivity contribution in [3.63, 3.8) is 0 Å². The van der Waals surface area contributed by atoms with E-state index in [-0.39, 0.29) is 5.69 Å². The fourth-order valence-electron chi connectivity index (χ4n) is 2.07. The van der Waals surface area contributed by atoms with Gasteiger partial charge < -0.3 is 5.32 Å². The van der Waals surface area contributed by atoms with Crippen molar-refractivity contribution in [1.82, 2.24) is 15.0 Å². The zero-order chi connectivity index (χ0) is 14.8. The summed E-state index contributed by atoms with van der Waals surface area (Å²) in [5.41, 5.74) is 3.78. The van der Waals surface area contributed by atoms with Gasteiger partial charge in [-0.2, -0.15) is 0 Å². The fraction of sp³-hybridized carbons (Fsp3) is 0.143. The minimum absolute atomic E-state index is 0.0715. The topological polar surface area (TPSA) is 85.9 Å². The highest BCUT2D eigenvalue weighted by Crippen LogP contribution is 2.16. The second-order valence-electron chi connectivity index (χ2n) is 4.72. The first-order chi connectivity index (χ1) is 10.1. The van der Waals surface area contributed by atoms with Crippen molar-refractivity contribution in [3.05, 3.63) is 58.1 Å². The first-order valence-corrected chi connectivity index (χ1v) is 6.42. The normalized spacial score (nSPS) is 10.7. The van der Waals surface area contributed by atoms with Gasteiger partial charge in [-0.25, -0.2) is 4.68 Å². The molecule has 0 saturated heterocycles. The Morgan fingerprint density at radius 2 is 2.00 bits per heavy atom. The zero-order valence-electron chi connectivity index (χ0n) is 11.4. The number of aromatic nitrogens is 3. The Morgan fingerprint density at radius 1 is 1.24 bits per heavy atom. The van der Waals surface area contributed by atoms with Gasteiger partial charge in [0.1, 0.15) is 12.2 Å². The first kappa shape index (κ1) is 13.0. The van der Waals surface area contributed by atoms with Crippen LogP contribution >= 0.6 is 0 Å². The molecule has 1 N–H and O–H groups in total. The van der Waals surface area contributed by atoms with Gasteiger partial charge in [0.05, 0.1) is 10.4 Å². The highest BCUT2D eigenvalue weighted by atomic mass is 16.6. The van der Waals surface area contributed by atoms with Crippen LogP contribution in [0.5, 0.6) is 0 Å². The number of non-ortho nitro benzene ring substituents is 1. The number of hydrogen-bond donors (Lipinski definition) is 1. The summed E-state index contributed by atoms with van der Waals surface area (Å²) in [4.78, 5) is 10.2. The summed E-state index contributed by atoms with van der Waals surface area (Å²) >= 11 is 0. The van der Waals surface area contributed by atoms with Crippen LogP contribution in [0.15, 0.2) is 42.5 Å². The third-order valence-electron chi connectivity index (χ3n) is 3.18. The van der Waals surface area contributed by atoms with Gasteiger partial charge >= 0.3 is 0 Å². The SMILES string of the molecule is Cc1ccc2c(c1)nnn2CNc1ccc([N+](=O)[O-])cc1. The summed E-state index contributed by atoms with van der Waals surface area (Å²) in [5, 5.41) is 22.0. The largest absolute Gasteiger partial charge is 0.366 e. The Labute approximate surface area is 120 Å². The molecule has 0 aliphatic carbocycles. The van der Waals surface area contributed by atoms with E-state index in [1.807, 2.05) is 25.1 Å².